The van der Waals surface area contributed by atoms with Gasteiger partial charge in [-0.05, 0) is 6.07 Å². The van der Waals surface area contributed by atoms with Crippen LogP contribution in [0.3, 0.4) is 0 Å². The van der Waals surface area contributed by atoms with Crippen LogP contribution in [-0.4, -0.2) is 16.4 Å². The maximum atomic E-state index is 10.7. The van der Waals surface area contributed by atoms with E-state index in [2.05, 4.69) is 4.98 Å². The Balaban J connectivity index is 2.54. The first-order valence-electron chi connectivity index (χ1n) is 4.75. The lowest BCUT2D eigenvalue weighted by molar-refractivity contribution is 0.111. The minimum atomic E-state index is -0.0197. The number of aromatic hydroxyl groups is 1. The van der Waals surface area contributed by atoms with Crippen molar-refractivity contribution in [2.75, 3.05) is 0 Å². The van der Waals surface area contributed by atoms with E-state index in [0.29, 0.717) is 6.29 Å². The summed E-state index contributed by atoms with van der Waals surface area (Å²) in [5.41, 5.74) is 0.0963. The third-order valence-corrected chi connectivity index (χ3v) is 3.73. The lowest BCUT2D eigenvalue weighted by Gasteiger charge is -1.96. The summed E-state index contributed by atoms with van der Waals surface area (Å²) < 4.78 is 1.80. The predicted octanol–water partition coefficient (Wildman–Crippen LogP) is 2.97. The summed E-state index contributed by atoms with van der Waals surface area (Å²) in [4.78, 5) is 14.6. The Morgan fingerprint density at radius 1 is 1.25 bits per heavy atom. The molecule has 1 N–H and O–H groups in total. The fraction of sp³-hybridized carbons (Fsp3) is 0. The van der Waals surface area contributed by atoms with Crippen LogP contribution in [-0.2, 0) is 0 Å². The van der Waals surface area contributed by atoms with Crippen molar-refractivity contribution in [1.29, 1.82) is 0 Å². The van der Waals surface area contributed by atoms with Gasteiger partial charge in [-0.25, -0.2) is 4.98 Å². The highest BCUT2D eigenvalue weighted by Crippen LogP contribution is 2.38. The van der Waals surface area contributed by atoms with Crippen molar-refractivity contribution in [3.8, 4) is 5.75 Å². The number of carbonyl (C=O) groups excluding carboxylic acids is 1. The van der Waals surface area contributed by atoms with Gasteiger partial charge >= 0.3 is 0 Å². The molecule has 0 fully saturated rings. The molecule has 0 saturated carbocycles. The zero-order chi connectivity index (χ0) is 11.1. The highest BCUT2D eigenvalue weighted by atomic mass is 32.1. The first-order chi connectivity index (χ1) is 7.81. The summed E-state index contributed by atoms with van der Waals surface area (Å²) in [6, 6.07) is 7.86. The highest BCUT2D eigenvalue weighted by Gasteiger charge is 2.12. The standard InChI is InChI=1S/C12H7NO2S/c14-6-9-11(15)12-8(5-13-9)7-3-1-2-4-10(7)16-12/h1-6,15H. The molecular weight excluding hydrogens is 222 g/mol. The maximum absolute atomic E-state index is 10.7. The third kappa shape index (κ3) is 1.13. The monoisotopic (exact) mass is 229 g/mol. The van der Waals surface area contributed by atoms with Gasteiger partial charge in [-0.1, -0.05) is 18.2 Å². The van der Waals surface area contributed by atoms with E-state index in [1.807, 2.05) is 24.3 Å². The molecule has 0 bridgehead atoms. The molecule has 2 heterocycles. The molecule has 0 atom stereocenters. The summed E-state index contributed by atoms with van der Waals surface area (Å²) >= 11 is 1.47. The van der Waals surface area contributed by atoms with Crippen LogP contribution in [0.1, 0.15) is 10.5 Å². The lowest BCUT2D eigenvalue weighted by atomic mass is 10.2. The fourth-order valence-corrected chi connectivity index (χ4v) is 2.90. The van der Waals surface area contributed by atoms with E-state index in [1.54, 1.807) is 6.20 Å². The highest BCUT2D eigenvalue weighted by molar-refractivity contribution is 7.26. The number of aldehydes is 1. The van der Waals surface area contributed by atoms with Crippen molar-refractivity contribution in [2.45, 2.75) is 0 Å². The average Bonchev–Trinajstić information content (AvgIpc) is 2.69. The maximum Gasteiger partial charge on any atom is 0.172 e. The Bertz CT molecular complexity index is 703. The van der Waals surface area contributed by atoms with Crippen molar-refractivity contribution in [1.82, 2.24) is 4.98 Å². The van der Waals surface area contributed by atoms with Gasteiger partial charge in [0.2, 0.25) is 0 Å². The van der Waals surface area contributed by atoms with Crippen molar-refractivity contribution < 1.29 is 9.90 Å². The van der Waals surface area contributed by atoms with Crippen LogP contribution >= 0.6 is 11.3 Å². The fourth-order valence-electron chi connectivity index (χ4n) is 1.77. The summed E-state index contributed by atoms with van der Waals surface area (Å²) in [5.74, 6) is -0.0197. The smallest absolute Gasteiger partial charge is 0.172 e. The van der Waals surface area contributed by atoms with E-state index in [4.69, 9.17) is 0 Å². The Kier molecular flexibility index (Phi) is 1.91. The minimum absolute atomic E-state index is 0.0197. The van der Waals surface area contributed by atoms with Crippen LogP contribution in [0, 0.1) is 0 Å². The number of benzene rings is 1. The molecule has 3 nitrogen and oxygen atoms in total. The van der Waals surface area contributed by atoms with Gasteiger partial charge in [-0.15, -0.1) is 11.3 Å². The van der Waals surface area contributed by atoms with Crippen LogP contribution in [0.15, 0.2) is 30.5 Å². The molecule has 0 spiro atoms. The zero-order valence-electron chi connectivity index (χ0n) is 8.18. The molecule has 78 valence electrons. The number of carbonyl (C=O) groups is 1. The average molecular weight is 229 g/mol. The second kappa shape index (κ2) is 3.28. The van der Waals surface area contributed by atoms with Crippen molar-refractivity contribution in [2.24, 2.45) is 0 Å². The van der Waals surface area contributed by atoms with E-state index >= 15 is 0 Å². The minimum Gasteiger partial charge on any atom is -0.504 e. The molecule has 0 amide bonds. The largest absolute Gasteiger partial charge is 0.504 e. The molecule has 16 heavy (non-hydrogen) atoms. The van der Waals surface area contributed by atoms with Crippen LogP contribution in [0.2, 0.25) is 0 Å². The lowest BCUT2D eigenvalue weighted by Crippen LogP contribution is -1.86. The molecular formula is C12H7NO2S. The normalized spacial score (nSPS) is 11.0. The second-order valence-electron chi connectivity index (χ2n) is 3.45. The third-order valence-electron chi connectivity index (χ3n) is 2.54. The van der Waals surface area contributed by atoms with Crippen LogP contribution in [0.25, 0.3) is 20.2 Å². The quantitative estimate of drug-likeness (QED) is 0.652. The molecule has 0 aliphatic heterocycles. The molecule has 3 rings (SSSR count). The van der Waals surface area contributed by atoms with E-state index < -0.39 is 0 Å². The Labute approximate surface area is 95.0 Å². The summed E-state index contributed by atoms with van der Waals surface area (Å²) in [6.07, 6.45) is 2.21. The van der Waals surface area contributed by atoms with Crippen molar-refractivity contribution in [3.63, 3.8) is 0 Å². The van der Waals surface area contributed by atoms with Crippen LogP contribution < -0.4 is 0 Å². The first kappa shape index (κ1) is 9.30. The molecule has 0 saturated heterocycles. The van der Waals surface area contributed by atoms with E-state index in [0.717, 1.165) is 20.2 Å². The number of hydrogen-bond donors (Lipinski definition) is 1. The van der Waals surface area contributed by atoms with Gasteiger partial charge in [0.25, 0.3) is 0 Å². The van der Waals surface area contributed by atoms with Gasteiger partial charge in [0.15, 0.2) is 12.0 Å². The summed E-state index contributed by atoms with van der Waals surface area (Å²) in [5, 5.41) is 11.8. The number of thiophene rings is 1. The predicted molar refractivity (Wildman–Crippen MR) is 64.2 cm³/mol. The van der Waals surface area contributed by atoms with E-state index in [9.17, 15) is 9.90 Å². The molecule has 4 heteroatoms. The number of pyridine rings is 1. The molecule has 0 unspecified atom stereocenters. The van der Waals surface area contributed by atoms with Crippen LogP contribution in [0.5, 0.6) is 5.75 Å². The summed E-state index contributed by atoms with van der Waals surface area (Å²) in [7, 11) is 0. The molecule has 3 aromatic rings. The molecule has 0 radical (unpaired) electrons. The van der Waals surface area contributed by atoms with Gasteiger partial charge in [-0.2, -0.15) is 0 Å². The zero-order valence-corrected chi connectivity index (χ0v) is 8.99. The van der Waals surface area contributed by atoms with Crippen LogP contribution in [0.4, 0.5) is 0 Å². The number of rotatable bonds is 1. The molecule has 2 aromatic heterocycles. The number of aromatic nitrogens is 1. The van der Waals surface area contributed by atoms with E-state index in [-0.39, 0.29) is 11.4 Å². The summed E-state index contributed by atoms with van der Waals surface area (Å²) in [6.45, 7) is 0. The van der Waals surface area contributed by atoms with Gasteiger partial charge in [-0.3, -0.25) is 4.79 Å². The first-order valence-corrected chi connectivity index (χ1v) is 5.57. The van der Waals surface area contributed by atoms with Crippen molar-refractivity contribution >= 4 is 37.8 Å². The molecule has 0 aliphatic carbocycles. The van der Waals surface area contributed by atoms with Gasteiger partial charge in [0, 0.05) is 21.7 Å². The topological polar surface area (TPSA) is 50.2 Å². The Morgan fingerprint density at radius 3 is 2.88 bits per heavy atom. The Morgan fingerprint density at radius 2 is 2.06 bits per heavy atom. The Hall–Kier alpha value is -1.94. The van der Waals surface area contributed by atoms with E-state index in [1.165, 1.54) is 11.3 Å². The van der Waals surface area contributed by atoms with Gasteiger partial charge in [0.1, 0.15) is 5.69 Å². The number of hydrogen-bond acceptors (Lipinski definition) is 4. The molecule has 1 aromatic carbocycles. The van der Waals surface area contributed by atoms with Gasteiger partial charge < -0.3 is 5.11 Å². The van der Waals surface area contributed by atoms with Gasteiger partial charge in [0.05, 0.1) is 4.70 Å². The van der Waals surface area contributed by atoms with Crippen molar-refractivity contribution in [3.05, 3.63) is 36.2 Å². The number of nitrogens with zero attached hydrogens (tertiary/aromatic N) is 1. The number of fused-ring (bicyclic) bond motifs is 3. The molecule has 0 aliphatic rings. The SMILES string of the molecule is O=Cc1ncc2c(sc3ccccc32)c1O. The second-order valence-corrected chi connectivity index (χ2v) is 4.50.